The standard InChI is InChI=1S/C11H17NO3/c1-6-7-8(13)12-11(4,5)10(2,3)9(14)15/h1H,7H2,2-5H3,(H,12,13)(H,14,15). The van der Waals surface area contributed by atoms with Crippen LogP contribution in [0.4, 0.5) is 0 Å². The van der Waals surface area contributed by atoms with Gasteiger partial charge in [-0.15, -0.1) is 6.42 Å². The molecule has 0 radical (unpaired) electrons. The van der Waals surface area contributed by atoms with Crippen LogP contribution in [0.25, 0.3) is 0 Å². The van der Waals surface area contributed by atoms with Crippen LogP contribution in [0, 0.1) is 17.8 Å². The van der Waals surface area contributed by atoms with Gasteiger partial charge in [0.25, 0.3) is 0 Å². The number of carboxylic acids is 1. The Morgan fingerprint density at radius 1 is 1.33 bits per heavy atom. The van der Waals surface area contributed by atoms with Gasteiger partial charge in [0.15, 0.2) is 0 Å². The molecule has 4 heteroatoms. The van der Waals surface area contributed by atoms with Crippen molar-refractivity contribution in [2.45, 2.75) is 39.7 Å². The van der Waals surface area contributed by atoms with E-state index >= 15 is 0 Å². The lowest BCUT2D eigenvalue weighted by atomic mass is 9.74. The van der Waals surface area contributed by atoms with Crippen molar-refractivity contribution in [2.24, 2.45) is 5.41 Å². The molecule has 4 nitrogen and oxygen atoms in total. The molecule has 0 aliphatic carbocycles. The highest BCUT2D eigenvalue weighted by Crippen LogP contribution is 2.30. The molecule has 0 aliphatic rings. The van der Waals surface area contributed by atoms with Crippen LogP contribution in [0.2, 0.25) is 0 Å². The van der Waals surface area contributed by atoms with Crippen molar-refractivity contribution < 1.29 is 14.7 Å². The molecular weight excluding hydrogens is 194 g/mol. The summed E-state index contributed by atoms with van der Waals surface area (Å²) in [6.45, 7) is 6.45. The topological polar surface area (TPSA) is 66.4 Å². The van der Waals surface area contributed by atoms with E-state index in [4.69, 9.17) is 11.5 Å². The van der Waals surface area contributed by atoms with E-state index in [1.807, 2.05) is 0 Å². The molecule has 0 rings (SSSR count). The van der Waals surface area contributed by atoms with Crippen molar-refractivity contribution in [3.8, 4) is 12.3 Å². The van der Waals surface area contributed by atoms with Crippen LogP contribution in [0.15, 0.2) is 0 Å². The van der Waals surface area contributed by atoms with Gasteiger partial charge in [-0.3, -0.25) is 9.59 Å². The van der Waals surface area contributed by atoms with Crippen molar-refractivity contribution in [2.75, 3.05) is 0 Å². The number of aliphatic carboxylic acids is 1. The molecule has 15 heavy (non-hydrogen) atoms. The SMILES string of the molecule is C#CCC(=O)NC(C)(C)C(C)(C)C(=O)O. The Balaban J connectivity index is 4.77. The van der Waals surface area contributed by atoms with Crippen molar-refractivity contribution in [1.82, 2.24) is 5.32 Å². The molecule has 0 aromatic heterocycles. The first-order chi connectivity index (χ1) is 6.65. The first kappa shape index (κ1) is 13.5. The zero-order chi connectivity index (χ0) is 12.3. The maximum absolute atomic E-state index is 11.3. The molecule has 0 bridgehead atoms. The van der Waals surface area contributed by atoms with E-state index in [1.54, 1.807) is 27.7 Å². The molecule has 2 N–H and O–H groups in total. The predicted molar refractivity (Wildman–Crippen MR) is 57.1 cm³/mol. The third-order valence-corrected chi connectivity index (χ3v) is 2.81. The summed E-state index contributed by atoms with van der Waals surface area (Å²) in [6.07, 6.45) is 4.95. The number of terminal acetylenes is 1. The summed E-state index contributed by atoms with van der Waals surface area (Å²) in [5.41, 5.74) is -1.91. The average molecular weight is 211 g/mol. The summed E-state index contributed by atoms with van der Waals surface area (Å²) in [6, 6.07) is 0. The van der Waals surface area contributed by atoms with E-state index in [9.17, 15) is 9.59 Å². The van der Waals surface area contributed by atoms with Crippen LogP contribution >= 0.6 is 0 Å². The van der Waals surface area contributed by atoms with Gasteiger partial charge in [-0.1, -0.05) is 5.92 Å². The lowest BCUT2D eigenvalue weighted by Crippen LogP contribution is -2.56. The summed E-state index contributed by atoms with van der Waals surface area (Å²) in [5.74, 6) is 0.911. The van der Waals surface area contributed by atoms with Gasteiger partial charge in [-0.2, -0.15) is 0 Å². The van der Waals surface area contributed by atoms with Crippen LogP contribution in [0.3, 0.4) is 0 Å². The largest absolute Gasteiger partial charge is 0.481 e. The normalized spacial score (nSPS) is 11.7. The third kappa shape index (κ3) is 2.98. The highest BCUT2D eigenvalue weighted by molar-refractivity contribution is 5.81. The molecule has 0 saturated carbocycles. The number of rotatable bonds is 4. The molecule has 84 valence electrons. The fraction of sp³-hybridized carbons (Fsp3) is 0.636. The molecule has 0 spiro atoms. The van der Waals surface area contributed by atoms with E-state index in [-0.39, 0.29) is 12.3 Å². The molecule has 0 aliphatic heterocycles. The monoisotopic (exact) mass is 211 g/mol. The third-order valence-electron chi connectivity index (χ3n) is 2.81. The second kappa shape index (κ2) is 4.35. The van der Waals surface area contributed by atoms with Gasteiger partial charge in [-0.25, -0.2) is 0 Å². The second-order valence-electron chi connectivity index (χ2n) is 4.48. The first-order valence-corrected chi connectivity index (χ1v) is 4.63. The van der Waals surface area contributed by atoms with Crippen LogP contribution in [-0.2, 0) is 9.59 Å². The Bertz CT molecular complexity index is 310. The number of carbonyl (C=O) groups is 2. The Morgan fingerprint density at radius 2 is 1.80 bits per heavy atom. The Hall–Kier alpha value is -1.50. The number of hydrogen-bond donors (Lipinski definition) is 2. The van der Waals surface area contributed by atoms with Gasteiger partial charge in [0, 0.05) is 5.54 Å². The van der Waals surface area contributed by atoms with E-state index in [2.05, 4.69) is 11.2 Å². The molecule has 1 amide bonds. The number of hydrogen-bond acceptors (Lipinski definition) is 2. The Morgan fingerprint density at radius 3 is 2.13 bits per heavy atom. The minimum atomic E-state index is -1.06. The Kier molecular flexibility index (Phi) is 3.91. The number of amides is 1. The van der Waals surface area contributed by atoms with Crippen LogP contribution in [0.1, 0.15) is 34.1 Å². The maximum atomic E-state index is 11.3. The predicted octanol–water partition coefficient (Wildman–Crippen LogP) is 1.02. The first-order valence-electron chi connectivity index (χ1n) is 4.63. The second-order valence-corrected chi connectivity index (χ2v) is 4.48. The van der Waals surface area contributed by atoms with Gasteiger partial charge >= 0.3 is 5.97 Å². The lowest BCUT2D eigenvalue weighted by molar-refractivity contribution is -0.151. The van der Waals surface area contributed by atoms with Crippen LogP contribution in [0.5, 0.6) is 0 Å². The number of nitrogens with one attached hydrogen (secondary N) is 1. The average Bonchev–Trinajstić information content (AvgIpc) is 2.02. The fourth-order valence-electron chi connectivity index (χ4n) is 0.909. The highest BCUT2D eigenvalue weighted by Gasteiger charge is 2.44. The van der Waals surface area contributed by atoms with Gasteiger partial charge < -0.3 is 10.4 Å². The van der Waals surface area contributed by atoms with E-state index in [0.29, 0.717) is 0 Å². The fourth-order valence-corrected chi connectivity index (χ4v) is 0.909. The zero-order valence-electron chi connectivity index (χ0n) is 9.55. The number of carbonyl (C=O) groups excluding carboxylic acids is 1. The van der Waals surface area contributed by atoms with Crippen LogP contribution < -0.4 is 5.32 Å². The Labute approximate surface area is 90.1 Å². The summed E-state index contributed by atoms with van der Waals surface area (Å²) in [5, 5.41) is 11.6. The smallest absolute Gasteiger partial charge is 0.311 e. The molecule has 0 heterocycles. The lowest BCUT2D eigenvalue weighted by Gasteiger charge is -2.38. The quantitative estimate of drug-likeness (QED) is 0.682. The maximum Gasteiger partial charge on any atom is 0.311 e. The highest BCUT2D eigenvalue weighted by atomic mass is 16.4. The summed E-state index contributed by atoms with van der Waals surface area (Å²) >= 11 is 0. The molecule has 0 aromatic rings. The molecule has 0 unspecified atom stereocenters. The van der Waals surface area contributed by atoms with Gasteiger partial charge in [0.2, 0.25) is 5.91 Å². The molecule has 0 aromatic carbocycles. The van der Waals surface area contributed by atoms with Crippen molar-refractivity contribution in [3.05, 3.63) is 0 Å². The molecule has 0 saturated heterocycles. The van der Waals surface area contributed by atoms with Crippen molar-refractivity contribution >= 4 is 11.9 Å². The molecule has 0 atom stereocenters. The van der Waals surface area contributed by atoms with Gasteiger partial charge in [0.05, 0.1) is 11.8 Å². The van der Waals surface area contributed by atoms with E-state index in [0.717, 1.165) is 0 Å². The van der Waals surface area contributed by atoms with Gasteiger partial charge in [-0.05, 0) is 27.7 Å². The molecular formula is C11H17NO3. The van der Waals surface area contributed by atoms with E-state index < -0.39 is 16.9 Å². The zero-order valence-corrected chi connectivity index (χ0v) is 9.55. The van der Waals surface area contributed by atoms with Crippen molar-refractivity contribution in [3.63, 3.8) is 0 Å². The minimum Gasteiger partial charge on any atom is -0.481 e. The van der Waals surface area contributed by atoms with Crippen molar-refractivity contribution in [1.29, 1.82) is 0 Å². The summed E-state index contributed by atoms with van der Waals surface area (Å²) in [4.78, 5) is 22.3. The van der Waals surface area contributed by atoms with E-state index in [1.165, 1.54) is 0 Å². The summed E-state index contributed by atoms with van der Waals surface area (Å²) < 4.78 is 0. The summed E-state index contributed by atoms with van der Waals surface area (Å²) in [7, 11) is 0. The number of carboxylic acid groups (broad SMARTS) is 1. The molecule has 0 fully saturated rings. The van der Waals surface area contributed by atoms with Crippen LogP contribution in [-0.4, -0.2) is 22.5 Å². The minimum absolute atomic E-state index is 0.0425. The van der Waals surface area contributed by atoms with Gasteiger partial charge in [0.1, 0.15) is 0 Å².